The third-order valence-electron chi connectivity index (χ3n) is 3.38. The number of hydrazone groups is 1. The number of hydrogen-bond donors (Lipinski definition) is 2. The fourth-order valence-corrected chi connectivity index (χ4v) is 2.89. The van der Waals surface area contributed by atoms with Crippen molar-refractivity contribution in [1.82, 2.24) is 10.3 Å². The molecule has 0 bridgehead atoms. The Bertz CT molecular complexity index is 570. The second-order valence-electron chi connectivity index (χ2n) is 5.12. The molecule has 2 heterocycles. The summed E-state index contributed by atoms with van der Waals surface area (Å²) in [5.74, 6) is -0.0265. The van der Waals surface area contributed by atoms with Gasteiger partial charge in [-0.1, -0.05) is 30.0 Å². The number of amides is 1. The van der Waals surface area contributed by atoms with Gasteiger partial charge in [0, 0.05) is 11.3 Å². The smallest absolute Gasteiger partial charge is 0.255 e. The summed E-state index contributed by atoms with van der Waals surface area (Å²) < 4.78 is 0. The second-order valence-corrected chi connectivity index (χ2v) is 5.91. The van der Waals surface area contributed by atoms with E-state index in [2.05, 4.69) is 15.7 Å². The van der Waals surface area contributed by atoms with E-state index in [1.54, 1.807) is 0 Å². The molecule has 1 atom stereocenters. The molecule has 1 aromatic carbocycles. The average molecular weight is 276 g/mol. The third-order valence-corrected chi connectivity index (χ3v) is 3.95. The van der Waals surface area contributed by atoms with E-state index in [0.717, 1.165) is 11.3 Å². The zero-order valence-corrected chi connectivity index (χ0v) is 11.9. The van der Waals surface area contributed by atoms with Crippen LogP contribution in [0.4, 0.5) is 5.69 Å². The summed E-state index contributed by atoms with van der Waals surface area (Å²) in [4.78, 5) is 12.4. The highest BCUT2D eigenvalue weighted by Crippen LogP contribution is 2.40. The molecule has 0 aliphatic carbocycles. The quantitative estimate of drug-likeness (QED) is 0.760. The van der Waals surface area contributed by atoms with Crippen LogP contribution in [0.15, 0.2) is 29.4 Å². The fourth-order valence-electron chi connectivity index (χ4n) is 2.51. The predicted molar refractivity (Wildman–Crippen MR) is 77.8 cm³/mol. The number of benzene rings is 1. The first kappa shape index (κ1) is 12.3. The van der Waals surface area contributed by atoms with E-state index in [1.807, 2.05) is 49.4 Å². The molecule has 2 N–H and O–H groups in total. The predicted octanol–water partition coefficient (Wildman–Crippen LogP) is 1.96. The monoisotopic (exact) mass is 276 g/mol. The summed E-state index contributed by atoms with van der Waals surface area (Å²) >= 11 is 1.44. The molecule has 100 valence electrons. The van der Waals surface area contributed by atoms with Gasteiger partial charge in [0.25, 0.3) is 5.91 Å². The summed E-state index contributed by atoms with van der Waals surface area (Å²) in [5.41, 5.74) is 1.55. The van der Waals surface area contributed by atoms with Crippen LogP contribution in [0.3, 0.4) is 0 Å². The topological polar surface area (TPSA) is 56.7 Å². The lowest BCUT2D eigenvalue weighted by Gasteiger charge is -2.48. The SMILES string of the molecule is CSC1=NN2[C@@H](C(=O)N1)c1ccccc1NC2(C)C. The van der Waals surface area contributed by atoms with Crippen molar-refractivity contribution in [1.29, 1.82) is 0 Å². The number of rotatable bonds is 0. The second kappa shape index (κ2) is 4.16. The van der Waals surface area contributed by atoms with E-state index in [1.165, 1.54) is 11.8 Å². The Balaban J connectivity index is 2.15. The number of fused-ring (bicyclic) bond motifs is 3. The lowest BCUT2D eigenvalue weighted by atomic mass is 9.96. The zero-order chi connectivity index (χ0) is 13.6. The Hall–Kier alpha value is -1.69. The van der Waals surface area contributed by atoms with Gasteiger partial charge in [-0.25, -0.2) is 0 Å². The molecular formula is C13H16N4OS. The van der Waals surface area contributed by atoms with E-state index in [0.29, 0.717) is 5.17 Å². The molecule has 0 radical (unpaired) electrons. The maximum atomic E-state index is 12.4. The van der Waals surface area contributed by atoms with Gasteiger partial charge < -0.3 is 10.6 Å². The van der Waals surface area contributed by atoms with Crippen molar-refractivity contribution in [3.05, 3.63) is 29.8 Å². The van der Waals surface area contributed by atoms with Gasteiger partial charge in [-0.3, -0.25) is 9.80 Å². The highest BCUT2D eigenvalue weighted by molar-refractivity contribution is 8.13. The highest BCUT2D eigenvalue weighted by Gasteiger charge is 2.44. The van der Waals surface area contributed by atoms with E-state index in [-0.39, 0.29) is 11.9 Å². The summed E-state index contributed by atoms with van der Waals surface area (Å²) in [6.07, 6.45) is 1.90. The molecule has 0 saturated carbocycles. The van der Waals surface area contributed by atoms with Crippen molar-refractivity contribution in [2.75, 3.05) is 11.6 Å². The van der Waals surface area contributed by atoms with Crippen LogP contribution >= 0.6 is 11.8 Å². The van der Waals surface area contributed by atoms with Gasteiger partial charge in [-0.2, -0.15) is 0 Å². The van der Waals surface area contributed by atoms with Crippen LogP contribution in [0.1, 0.15) is 25.5 Å². The van der Waals surface area contributed by atoms with Crippen molar-refractivity contribution in [3.8, 4) is 0 Å². The van der Waals surface area contributed by atoms with Crippen LogP contribution in [0.25, 0.3) is 0 Å². The van der Waals surface area contributed by atoms with Gasteiger partial charge in [0.2, 0.25) is 0 Å². The zero-order valence-electron chi connectivity index (χ0n) is 11.1. The van der Waals surface area contributed by atoms with Crippen molar-refractivity contribution in [2.45, 2.75) is 25.6 Å². The van der Waals surface area contributed by atoms with Crippen LogP contribution in [-0.4, -0.2) is 28.0 Å². The number of nitrogens with zero attached hydrogens (tertiary/aromatic N) is 2. The largest absolute Gasteiger partial charge is 0.362 e. The molecule has 5 nitrogen and oxygen atoms in total. The number of carbonyl (C=O) groups is 1. The molecular weight excluding hydrogens is 260 g/mol. The number of hydrogen-bond acceptors (Lipinski definition) is 5. The van der Waals surface area contributed by atoms with Crippen molar-refractivity contribution < 1.29 is 4.79 Å². The lowest BCUT2D eigenvalue weighted by molar-refractivity contribution is -0.129. The Morgan fingerprint density at radius 2 is 2.11 bits per heavy atom. The molecule has 19 heavy (non-hydrogen) atoms. The average Bonchev–Trinajstić information content (AvgIpc) is 2.38. The first-order chi connectivity index (χ1) is 9.03. The molecule has 0 saturated heterocycles. The van der Waals surface area contributed by atoms with Gasteiger partial charge >= 0.3 is 0 Å². The molecule has 1 amide bonds. The highest BCUT2D eigenvalue weighted by atomic mass is 32.2. The minimum absolute atomic E-state index is 0.0265. The lowest BCUT2D eigenvalue weighted by Crippen LogP contribution is -2.59. The standard InChI is InChI=1S/C13H16N4OS/c1-13(2)15-9-7-5-4-6-8(9)10-11(18)14-12(19-3)16-17(10)13/h4-7,10,15H,1-3H3,(H,14,16,18)/t10-/m1/s1. The van der Waals surface area contributed by atoms with E-state index in [4.69, 9.17) is 0 Å². The minimum atomic E-state index is -0.405. The molecule has 0 fully saturated rings. The number of nitrogens with one attached hydrogen (secondary N) is 2. The minimum Gasteiger partial charge on any atom is -0.362 e. The number of thioether (sulfide) groups is 1. The van der Waals surface area contributed by atoms with E-state index in [9.17, 15) is 4.79 Å². The van der Waals surface area contributed by atoms with Crippen LogP contribution < -0.4 is 10.6 Å². The van der Waals surface area contributed by atoms with Crippen molar-refractivity contribution in [3.63, 3.8) is 0 Å². The molecule has 2 aliphatic heterocycles. The molecule has 2 aliphatic rings. The van der Waals surface area contributed by atoms with Gasteiger partial charge in [-0.05, 0) is 26.2 Å². The van der Waals surface area contributed by atoms with Gasteiger partial charge in [0.1, 0.15) is 5.66 Å². The van der Waals surface area contributed by atoms with Gasteiger partial charge in [0.05, 0.1) is 0 Å². The Kier molecular flexibility index (Phi) is 2.70. The normalized spacial score (nSPS) is 23.7. The van der Waals surface area contributed by atoms with Crippen LogP contribution in [0.5, 0.6) is 0 Å². The summed E-state index contributed by atoms with van der Waals surface area (Å²) in [7, 11) is 0. The van der Waals surface area contributed by atoms with Crippen LogP contribution in [0, 0.1) is 0 Å². The summed E-state index contributed by atoms with van der Waals surface area (Å²) in [6.45, 7) is 4.05. The Labute approximate surface area is 116 Å². The van der Waals surface area contributed by atoms with Crippen molar-refractivity contribution >= 4 is 28.5 Å². The maximum Gasteiger partial charge on any atom is 0.255 e. The number of anilines is 1. The molecule has 0 aromatic heterocycles. The number of carbonyl (C=O) groups excluding carboxylic acids is 1. The third kappa shape index (κ3) is 1.87. The maximum absolute atomic E-state index is 12.4. The van der Waals surface area contributed by atoms with Crippen LogP contribution in [0.2, 0.25) is 0 Å². The fraction of sp³-hybridized carbons (Fsp3) is 0.385. The van der Waals surface area contributed by atoms with Crippen LogP contribution in [-0.2, 0) is 4.79 Å². The molecule has 1 aromatic rings. The Morgan fingerprint density at radius 1 is 1.37 bits per heavy atom. The number of amidine groups is 1. The van der Waals surface area contributed by atoms with E-state index < -0.39 is 5.66 Å². The summed E-state index contributed by atoms with van der Waals surface area (Å²) in [6, 6.07) is 7.50. The summed E-state index contributed by atoms with van der Waals surface area (Å²) in [5, 5.41) is 13.3. The first-order valence-electron chi connectivity index (χ1n) is 6.13. The Morgan fingerprint density at radius 3 is 2.84 bits per heavy atom. The van der Waals surface area contributed by atoms with Gasteiger partial charge in [-0.15, -0.1) is 5.10 Å². The number of para-hydroxylation sites is 1. The van der Waals surface area contributed by atoms with Gasteiger partial charge in [0.15, 0.2) is 11.2 Å². The molecule has 6 heteroatoms. The first-order valence-corrected chi connectivity index (χ1v) is 7.35. The molecule has 0 unspecified atom stereocenters. The molecule has 3 rings (SSSR count). The van der Waals surface area contributed by atoms with E-state index >= 15 is 0 Å². The molecule has 0 spiro atoms. The van der Waals surface area contributed by atoms with Crippen molar-refractivity contribution in [2.24, 2.45) is 5.10 Å².